The summed E-state index contributed by atoms with van der Waals surface area (Å²) >= 11 is 0. The molecular weight excluding hydrogens is 385 g/mol. The third-order valence-electron chi connectivity index (χ3n) is 4.11. The Morgan fingerprint density at radius 2 is 2.19 bits per heavy atom. The summed E-state index contributed by atoms with van der Waals surface area (Å²) in [6.45, 7) is -1.16. The van der Waals surface area contributed by atoms with Crippen LogP contribution in [0.4, 0.5) is 5.82 Å². The molecule has 27 heavy (non-hydrogen) atoms. The van der Waals surface area contributed by atoms with Gasteiger partial charge in [-0.2, -0.15) is 10.4 Å². The number of nitrogens with zero attached hydrogens (tertiary/aromatic N) is 4. The van der Waals surface area contributed by atoms with Gasteiger partial charge in [-0.1, -0.05) is 0 Å². The number of aromatic nitrogens is 3. The number of rotatable bonds is 6. The molecule has 3 rings (SSSR count). The van der Waals surface area contributed by atoms with E-state index in [0.29, 0.717) is 0 Å². The lowest BCUT2D eigenvalue weighted by Gasteiger charge is -2.24. The van der Waals surface area contributed by atoms with Gasteiger partial charge in [0.25, 0.3) is 0 Å². The molecule has 2 aromatic rings. The van der Waals surface area contributed by atoms with Crippen LogP contribution in [0.15, 0.2) is 18.5 Å². The van der Waals surface area contributed by atoms with Gasteiger partial charge in [-0.3, -0.25) is 4.52 Å². The van der Waals surface area contributed by atoms with Crippen LogP contribution in [0.3, 0.4) is 0 Å². The molecule has 0 saturated carbocycles. The number of anilines is 1. The van der Waals surface area contributed by atoms with Gasteiger partial charge in [-0.25, -0.2) is 14.1 Å². The Bertz CT molecular complexity index is 925. The Morgan fingerprint density at radius 3 is 2.78 bits per heavy atom. The van der Waals surface area contributed by atoms with Crippen LogP contribution in [0.1, 0.15) is 5.69 Å². The molecule has 1 fully saturated rings. The van der Waals surface area contributed by atoms with Gasteiger partial charge >= 0.3 is 7.82 Å². The van der Waals surface area contributed by atoms with E-state index in [2.05, 4.69) is 19.9 Å². The van der Waals surface area contributed by atoms with Crippen molar-refractivity contribution in [3.05, 3.63) is 24.2 Å². The van der Waals surface area contributed by atoms with Gasteiger partial charge in [0.2, 0.25) is 5.60 Å². The zero-order valence-corrected chi connectivity index (χ0v) is 14.5. The molecule has 0 bridgehead atoms. The summed E-state index contributed by atoms with van der Waals surface area (Å²) in [5.74, 6) is 0.129. The van der Waals surface area contributed by atoms with Crippen LogP contribution in [0, 0.1) is 11.3 Å². The van der Waals surface area contributed by atoms with E-state index in [4.69, 9.17) is 14.5 Å². The van der Waals surface area contributed by atoms with Gasteiger partial charge in [0, 0.05) is 0 Å². The Morgan fingerprint density at radius 1 is 1.44 bits per heavy atom. The van der Waals surface area contributed by atoms with Gasteiger partial charge < -0.3 is 35.2 Å². The van der Waals surface area contributed by atoms with Gasteiger partial charge in [0.15, 0.2) is 5.82 Å². The van der Waals surface area contributed by atoms with E-state index in [0.717, 1.165) is 6.33 Å². The van der Waals surface area contributed by atoms with Crippen molar-refractivity contribution in [2.24, 2.45) is 0 Å². The number of hydrogen-bond acceptors (Lipinski definition) is 10. The zero-order chi connectivity index (χ0) is 19.8. The molecule has 1 aliphatic heterocycles. The minimum Gasteiger partial charge on any atom is -0.394 e. The van der Waals surface area contributed by atoms with Crippen LogP contribution >= 0.6 is 7.82 Å². The van der Waals surface area contributed by atoms with Crippen molar-refractivity contribution in [1.82, 2.24) is 14.6 Å². The number of aliphatic hydroxyl groups is 3. The van der Waals surface area contributed by atoms with Crippen molar-refractivity contribution >= 4 is 19.2 Å². The quantitative estimate of drug-likeness (QED) is 0.231. The van der Waals surface area contributed by atoms with E-state index in [-0.39, 0.29) is 17.0 Å². The van der Waals surface area contributed by atoms with Gasteiger partial charge in [-0.05, 0) is 12.1 Å². The summed E-state index contributed by atoms with van der Waals surface area (Å²) in [4.78, 5) is 21.4. The van der Waals surface area contributed by atoms with E-state index < -0.39 is 45.1 Å². The Kier molecular flexibility index (Phi) is 5.17. The van der Waals surface area contributed by atoms with Crippen LogP contribution in [0.2, 0.25) is 0 Å². The lowest BCUT2D eigenvalue weighted by Crippen LogP contribution is -2.40. The van der Waals surface area contributed by atoms with Crippen molar-refractivity contribution in [2.75, 3.05) is 18.7 Å². The molecule has 13 nitrogen and oxygen atoms in total. The first-order chi connectivity index (χ1) is 12.7. The summed E-state index contributed by atoms with van der Waals surface area (Å²) in [6, 6.07) is 4.72. The molecule has 0 unspecified atom stereocenters. The minimum absolute atomic E-state index is 0.0730. The summed E-state index contributed by atoms with van der Waals surface area (Å²) in [7, 11) is -4.68. The first-order valence-corrected chi connectivity index (χ1v) is 9.10. The third-order valence-corrected chi connectivity index (χ3v) is 4.57. The lowest BCUT2D eigenvalue weighted by atomic mass is 9.92. The maximum Gasteiger partial charge on any atom is 0.471 e. The molecule has 0 aromatic carbocycles. The predicted molar refractivity (Wildman–Crippen MR) is 85.9 cm³/mol. The Hall–Kier alpha value is -2.14. The van der Waals surface area contributed by atoms with Crippen LogP contribution in [0.25, 0.3) is 5.52 Å². The molecular formula is C13H16N5O8P. The fraction of sp³-hybridized carbons (Fsp3) is 0.462. The van der Waals surface area contributed by atoms with Gasteiger partial charge in [0.1, 0.15) is 43.0 Å². The number of nitrogens with one attached hydrogen (secondary N) is 1. The molecule has 1 saturated heterocycles. The fourth-order valence-electron chi connectivity index (χ4n) is 2.86. The van der Waals surface area contributed by atoms with Crippen LogP contribution in [-0.2, 0) is 19.4 Å². The molecule has 0 aliphatic carbocycles. The maximum absolute atomic E-state index is 10.7. The highest BCUT2D eigenvalue weighted by atomic mass is 31.2. The van der Waals surface area contributed by atoms with Crippen LogP contribution < -0.4 is 5.32 Å². The standard InChI is InChI=1S/C13H16N5O8P/c14-4-13(11(21)10(20)8(3-19)26-13)9-2-1-7-12(15-5-17-18(7)9)16-6-25-27(22,23)24/h1-2,5,8,10-11,19-21H,3,6H2,(H,15,16,17)(H2,22,23,24)/t8-,10-,11-,13+/m1/s1. The van der Waals surface area contributed by atoms with E-state index in [1.165, 1.54) is 16.6 Å². The molecule has 6 N–H and O–H groups in total. The predicted octanol–water partition coefficient (Wildman–Crippen LogP) is -1.96. The topological polar surface area (TPSA) is 203 Å². The van der Waals surface area contributed by atoms with Crippen molar-refractivity contribution in [3.8, 4) is 6.07 Å². The molecule has 0 spiro atoms. The third kappa shape index (κ3) is 3.41. The Labute approximate surface area is 151 Å². The SMILES string of the molecule is N#C[C@@]1(c2ccc3c(NCOP(=O)(O)O)ncnn23)O[C@H](CO)[C@@H](O)[C@H]1O. The molecule has 3 heterocycles. The highest BCUT2D eigenvalue weighted by molar-refractivity contribution is 7.46. The van der Waals surface area contributed by atoms with Crippen molar-refractivity contribution < 1.29 is 38.9 Å². The van der Waals surface area contributed by atoms with Crippen molar-refractivity contribution in [1.29, 1.82) is 5.26 Å². The van der Waals surface area contributed by atoms with E-state index in [1.54, 1.807) is 0 Å². The highest BCUT2D eigenvalue weighted by Gasteiger charge is 2.57. The second kappa shape index (κ2) is 7.12. The Balaban J connectivity index is 1.98. The monoisotopic (exact) mass is 401 g/mol. The number of nitriles is 1. The number of hydrogen-bond donors (Lipinski definition) is 6. The zero-order valence-electron chi connectivity index (χ0n) is 13.6. The summed E-state index contributed by atoms with van der Waals surface area (Å²) in [5.41, 5.74) is -1.63. The molecule has 2 aromatic heterocycles. The molecule has 1 aliphatic rings. The smallest absolute Gasteiger partial charge is 0.394 e. The first kappa shape index (κ1) is 19.6. The summed E-state index contributed by atoms with van der Waals surface area (Å²) in [5, 5.41) is 45.8. The fourth-order valence-corrected chi connectivity index (χ4v) is 3.10. The largest absolute Gasteiger partial charge is 0.471 e. The van der Waals surface area contributed by atoms with Crippen LogP contribution in [-0.4, -0.2) is 71.4 Å². The highest BCUT2D eigenvalue weighted by Crippen LogP contribution is 2.40. The lowest BCUT2D eigenvalue weighted by molar-refractivity contribution is -0.0643. The van der Waals surface area contributed by atoms with E-state index in [1.807, 2.05) is 6.07 Å². The second-order valence-electron chi connectivity index (χ2n) is 5.69. The normalized spacial score (nSPS) is 28.4. The van der Waals surface area contributed by atoms with Gasteiger partial charge in [0.05, 0.1) is 12.3 Å². The van der Waals surface area contributed by atoms with E-state index in [9.17, 15) is 25.1 Å². The second-order valence-corrected chi connectivity index (χ2v) is 6.93. The van der Waals surface area contributed by atoms with Crippen LogP contribution in [0.5, 0.6) is 0 Å². The number of phosphoric ester groups is 1. The van der Waals surface area contributed by atoms with Crippen molar-refractivity contribution in [2.45, 2.75) is 23.9 Å². The van der Waals surface area contributed by atoms with Gasteiger partial charge in [-0.15, -0.1) is 0 Å². The molecule has 0 amide bonds. The maximum atomic E-state index is 10.7. The average molecular weight is 401 g/mol. The molecule has 4 atom stereocenters. The molecule has 146 valence electrons. The average Bonchev–Trinajstić information content (AvgIpc) is 3.16. The summed E-state index contributed by atoms with van der Waals surface area (Å²) < 4.78 is 21.7. The van der Waals surface area contributed by atoms with E-state index >= 15 is 0 Å². The molecule has 14 heteroatoms. The number of ether oxygens (including phenoxy) is 1. The summed E-state index contributed by atoms with van der Waals surface area (Å²) in [6.07, 6.45) is -3.21. The number of fused-ring (bicyclic) bond motifs is 1. The minimum atomic E-state index is -4.68. The number of aliphatic hydroxyl groups excluding tert-OH is 3. The number of phosphoric acid groups is 1. The van der Waals surface area contributed by atoms with Crippen molar-refractivity contribution in [3.63, 3.8) is 0 Å². The molecule has 0 radical (unpaired) electrons. The first-order valence-electron chi connectivity index (χ1n) is 7.56.